The molecule has 0 radical (unpaired) electrons. The van der Waals surface area contributed by atoms with Crippen molar-refractivity contribution in [1.82, 2.24) is 4.90 Å². The van der Waals surface area contributed by atoms with Crippen LogP contribution in [0.1, 0.15) is 59.9 Å². The molecule has 1 nitrogen and oxygen atoms in total. The molecule has 0 unspecified atom stereocenters. The van der Waals surface area contributed by atoms with E-state index in [1.54, 1.807) is 0 Å². The minimum atomic E-state index is 0.293. The predicted molar refractivity (Wildman–Crippen MR) is 85.7 cm³/mol. The van der Waals surface area contributed by atoms with Crippen molar-refractivity contribution in [2.24, 2.45) is 0 Å². The van der Waals surface area contributed by atoms with Gasteiger partial charge in [-0.2, -0.15) is 0 Å². The van der Waals surface area contributed by atoms with Gasteiger partial charge in [-0.15, -0.1) is 0 Å². The zero-order valence-electron chi connectivity index (χ0n) is 13.8. The van der Waals surface area contributed by atoms with Gasteiger partial charge in [-0.25, -0.2) is 0 Å². The van der Waals surface area contributed by atoms with Gasteiger partial charge in [0.15, 0.2) is 0 Å². The number of rotatable bonds is 1. The van der Waals surface area contributed by atoms with Crippen molar-refractivity contribution in [2.75, 3.05) is 7.05 Å². The van der Waals surface area contributed by atoms with Gasteiger partial charge in [0.1, 0.15) is 0 Å². The summed E-state index contributed by atoms with van der Waals surface area (Å²) in [4.78, 5) is 2.47. The zero-order chi connectivity index (χ0) is 14.7. The van der Waals surface area contributed by atoms with Gasteiger partial charge in [-0.05, 0) is 51.6 Å². The summed E-state index contributed by atoms with van der Waals surface area (Å²) in [5, 5.41) is 0. The molecule has 1 aliphatic carbocycles. The molecule has 0 N–H and O–H groups in total. The van der Waals surface area contributed by atoms with Gasteiger partial charge in [0.25, 0.3) is 0 Å². The summed E-state index contributed by atoms with van der Waals surface area (Å²) in [6.07, 6.45) is 2.82. The lowest BCUT2D eigenvalue weighted by Gasteiger charge is -2.31. The first-order valence-corrected chi connectivity index (χ1v) is 7.41. The van der Waals surface area contributed by atoms with Crippen LogP contribution in [0.2, 0.25) is 0 Å². The highest BCUT2D eigenvalue weighted by atomic mass is 15.2. The average molecular weight is 261 g/mol. The Kier molecular flexibility index (Phi) is 5.20. The molecular formula is C18H31N. The Hall–Kier alpha value is -0.820. The Balaban J connectivity index is 0.000000191. The summed E-state index contributed by atoms with van der Waals surface area (Å²) in [5.41, 5.74) is 2.07. The first kappa shape index (κ1) is 16.2. The van der Waals surface area contributed by atoms with E-state index in [1.165, 1.54) is 18.4 Å². The first-order chi connectivity index (χ1) is 8.62. The molecule has 0 bridgehead atoms. The summed E-state index contributed by atoms with van der Waals surface area (Å²) < 4.78 is 0. The SMILES string of the molecule is CC(C)(C)c1ccccc1.CN(C1CC1)C(C)(C)C. The number of nitrogens with zero attached hydrogens (tertiary/aromatic N) is 1. The van der Waals surface area contributed by atoms with E-state index in [1.807, 2.05) is 0 Å². The van der Waals surface area contributed by atoms with E-state index in [2.05, 4.69) is 83.8 Å². The van der Waals surface area contributed by atoms with E-state index in [0.717, 1.165) is 6.04 Å². The number of benzene rings is 1. The predicted octanol–water partition coefficient (Wildman–Crippen LogP) is 4.86. The average Bonchev–Trinajstić information content (AvgIpc) is 3.11. The van der Waals surface area contributed by atoms with Crippen LogP contribution in [0.3, 0.4) is 0 Å². The Bertz CT molecular complexity index is 363. The Labute approximate surface area is 120 Å². The van der Waals surface area contributed by atoms with Crippen LogP contribution in [0.5, 0.6) is 0 Å². The lowest BCUT2D eigenvalue weighted by Crippen LogP contribution is -2.39. The van der Waals surface area contributed by atoms with Crippen LogP contribution in [-0.2, 0) is 5.41 Å². The van der Waals surface area contributed by atoms with E-state index < -0.39 is 0 Å². The summed E-state index contributed by atoms with van der Waals surface area (Å²) in [6.45, 7) is 13.5. The van der Waals surface area contributed by atoms with Crippen LogP contribution < -0.4 is 0 Å². The normalized spacial score (nSPS) is 16.0. The van der Waals surface area contributed by atoms with E-state index in [9.17, 15) is 0 Å². The third-order valence-corrected chi connectivity index (χ3v) is 3.79. The molecule has 0 spiro atoms. The van der Waals surface area contributed by atoms with Gasteiger partial charge in [-0.3, -0.25) is 4.90 Å². The molecule has 0 atom stereocenters. The molecule has 108 valence electrons. The van der Waals surface area contributed by atoms with Crippen molar-refractivity contribution < 1.29 is 0 Å². The van der Waals surface area contributed by atoms with Crippen molar-refractivity contribution in [2.45, 2.75) is 71.4 Å². The minimum Gasteiger partial charge on any atom is -0.299 e. The van der Waals surface area contributed by atoms with E-state index >= 15 is 0 Å². The third-order valence-electron chi connectivity index (χ3n) is 3.79. The highest BCUT2D eigenvalue weighted by Crippen LogP contribution is 2.30. The maximum atomic E-state index is 2.47. The number of hydrogen-bond donors (Lipinski definition) is 0. The van der Waals surface area contributed by atoms with Crippen LogP contribution in [0.15, 0.2) is 30.3 Å². The molecule has 1 aromatic rings. The highest BCUT2D eigenvalue weighted by Gasteiger charge is 2.32. The molecule has 1 fully saturated rings. The van der Waals surface area contributed by atoms with Crippen LogP contribution >= 0.6 is 0 Å². The molecule has 2 rings (SSSR count). The molecule has 0 aliphatic heterocycles. The molecule has 0 amide bonds. The second-order valence-corrected chi connectivity index (χ2v) is 7.63. The van der Waals surface area contributed by atoms with Gasteiger partial charge >= 0.3 is 0 Å². The van der Waals surface area contributed by atoms with Crippen LogP contribution in [-0.4, -0.2) is 23.5 Å². The second kappa shape index (κ2) is 6.09. The van der Waals surface area contributed by atoms with Crippen molar-refractivity contribution in [3.05, 3.63) is 35.9 Å². The largest absolute Gasteiger partial charge is 0.299 e. The maximum Gasteiger partial charge on any atom is 0.0124 e. The molecule has 19 heavy (non-hydrogen) atoms. The summed E-state index contributed by atoms with van der Waals surface area (Å²) >= 11 is 0. The van der Waals surface area contributed by atoms with Gasteiger partial charge in [0.05, 0.1) is 0 Å². The molecule has 1 aliphatic rings. The van der Waals surface area contributed by atoms with E-state index in [0.29, 0.717) is 11.0 Å². The topological polar surface area (TPSA) is 3.24 Å². The molecule has 0 saturated heterocycles. The second-order valence-electron chi connectivity index (χ2n) is 7.63. The Morgan fingerprint density at radius 2 is 1.37 bits per heavy atom. The molecule has 0 heterocycles. The maximum absolute atomic E-state index is 2.47. The lowest BCUT2D eigenvalue weighted by atomic mass is 9.87. The summed E-state index contributed by atoms with van der Waals surface area (Å²) in [6, 6.07) is 11.4. The summed E-state index contributed by atoms with van der Waals surface area (Å²) in [7, 11) is 2.22. The number of hydrogen-bond acceptors (Lipinski definition) is 1. The van der Waals surface area contributed by atoms with Gasteiger partial charge in [0.2, 0.25) is 0 Å². The van der Waals surface area contributed by atoms with E-state index in [4.69, 9.17) is 0 Å². The molecule has 1 saturated carbocycles. The quantitative estimate of drug-likeness (QED) is 0.697. The Morgan fingerprint density at radius 1 is 0.895 bits per heavy atom. The molecule has 1 heteroatoms. The first-order valence-electron chi connectivity index (χ1n) is 7.41. The van der Waals surface area contributed by atoms with Crippen molar-refractivity contribution >= 4 is 0 Å². The monoisotopic (exact) mass is 261 g/mol. The van der Waals surface area contributed by atoms with Crippen molar-refractivity contribution in [3.63, 3.8) is 0 Å². The fourth-order valence-electron chi connectivity index (χ4n) is 1.95. The molecular weight excluding hydrogens is 230 g/mol. The standard InChI is InChI=1S/C10H14.C8H17N/c1-10(2,3)9-7-5-4-6-8-9;1-8(2,3)9(4)7-5-6-7/h4-8H,1-3H3;7H,5-6H2,1-4H3. The minimum absolute atomic E-state index is 0.293. The van der Waals surface area contributed by atoms with E-state index in [-0.39, 0.29) is 0 Å². The molecule has 0 aromatic heterocycles. The smallest absolute Gasteiger partial charge is 0.0124 e. The fourth-order valence-corrected chi connectivity index (χ4v) is 1.95. The zero-order valence-corrected chi connectivity index (χ0v) is 13.8. The molecule has 1 aromatic carbocycles. The third kappa shape index (κ3) is 5.78. The van der Waals surface area contributed by atoms with Crippen LogP contribution in [0.4, 0.5) is 0 Å². The van der Waals surface area contributed by atoms with Gasteiger partial charge in [0, 0.05) is 11.6 Å². The van der Waals surface area contributed by atoms with Gasteiger partial charge in [-0.1, -0.05) is 51.1 Å². The van der Waals surface area contributed by atoms with Gasteiger partial charge < -0.3 is 0 Å². The fraction of sp³-hybridized carbons (Fsp3) is 0.667. The lowest BCUT2D eigenvalue weighted by molar-refractivity contribution is 0.166. The van der Waals surface area contributed by atoms with Crippen molar-refractivity contribution in [3.8, 4) is 0 Å². The Morgan fingerprint density at radius 3 is 1.58 bits per heavy atom. The highest BCUT2D eigenvalue weighted by molar-refractivity contribution is 5.21. The van der Waals surface area contributed by atoms with Crippen molar-refractivity contribution in [1.29, 1.82) is 0 Å². The van der Waals surface area contributed by atoms with Crippen LogP contribution in [0.25, 0.3) is 0 Å². The summed E-state index contributed by atoms with van der Waals surface area (Å²) in [5.74, 6) is 0. The van der Waals surface area contributed by atoms with Crippen LogP contribution in [0, 0.1) is 0 Å².